The summed E-state index contributed by atoms with van der Waals surface area (Å²) in [6, 6.07) is 4.96. The summed E-state index contributed by atoms with van der Waals surface area (Å²) in [5, 5.41) is 9.32. The van der Waals surface area contributed by atoms with Crippen molar-refractivity contribution in [2.24, 2.45) is 5.73 Å². The number of hydrogen-bond acceptors (Lipinski definition) is 7. The lowest BCUT2D eigenvalue weighted by molar-refractivity contribution is -0.139. The van der Waals surface area contributed by atoms with E-state index in [-0.39, 0.29) is 40.0 Å². The quantitative estimate of drug-likeness (QED) is 0.763. The Balaban J connectivity index is 2.35. The Labute approximate surface area is 157 Å². The number of carbonyl (C=O) groups is 1. The number of aliphatic hydroxyl groups excluding tert-OH is 1. The van der Waals surface area contributed by atoms with E-state index >= 15 is 0 Å². The average Bonchev–Trinajstić information content (AvgIpc) is 2.62. The molecule has 0 unspecified atom stereocenters. The molecule has 9 heteroatoms. The van der Waals surface area contributed by atoms with Crippen LogP contribution < -0.4 is 15.9 Å². The molecule has 2 heterocycles. The molecule has 3 rings (SSSR count). The smallest absolute Gasteiger partial charge is 0.340 e. The molecule has 1 aromatic heterocycles. The Morgan fingerprint density at radius 1 is 1.44 bits per heavy atom. The van der Waals surface area contributed by atoms with Crippen LogP contribution in [0, 0.1) is 5.82 Å². The van der Waals surface area contributed by atoms with Gasteiger partial charge in [0.2, 0.25) is 17.1 Å². The second-order valence-corrected chi connectivity index (χ2v) is 6.00. The number of nitrogens with two attached hydrogens (primary N) is 1. The van der Waals surface area contributed by atoms with Crippen LogP contribution in [-0.2, 0) is 16.1 Å². The molecule has 0 saturated heterocycles. The normalized spacial score (nSPS) is 15.9. The third-order valence-corrected chi connectivity index (χ3v) is 4.28. The van der Waals surface area contributed by atoms with Gasteiger partial charge in [0, 0.05) is 16.7 Å². The largest absolute Gasteiger partial charge is 0.462 e. The van der Waals surface area contributed by atoms with Crippen LogP contribution in [0.15, 0.2) is 44.9 Å². The van der Waals surface area contributed by atoms with Crippen LogP contribution in [0.3, 0.4) is 0 Å². The van der Waals surface area contributed by atoms with Crippen LogP contribution in [-0.4, -0.2) is 17.7 Å². The lowest BCUT2D eigenvalue weighted by atomic mass is 9.86. The molecule has 3 N–H and O–H groups in total. The zero-order valence-electron chi connectivity index (χ0n) is 14.1. The van der Waals surface area contributed by atoms with Crippen LogP contribution in [0.1, 0.15) is 29.9 Å². The molecule has 0 bridgehead atoms. The van der Waals surface area contributed by atoms with E-state index in [9.17, 15) is 19.1 Å². The maximum atomic E-state index is 14.7. The second-order valence-electron chi connectivity index (χ2n) is 5.60. The molecule has 0 saturated carbocycles. The van der Waals surface area contributed by atoms with E-state index in [4.69, 9.17) is 31.2 Å². The summed E-state index contributed by atoms with van der Waals surface area (Å²) in [6.07, 6.45) is 0. The molecule has 7 nitrogen and oxygen atoms in total. The van der Waals surface area contributed by atoms with Crippen LogP contribution in [0.4, 0.5) is 4.39 Å². The van der Waals surface area contributed by atoms with Gasteiger partial charge in [-0.1, -0.05) is 17.7 Å². The van der Waals surface area contributed by atoms with Gasteiger partial charge in [-0.15, -0.1) is 0 Å². The van der Waals surface area contributed by atoms with Crippen molar-refractivity contribution in [3.63, 3.8) is 0 Å². The number of aliphatic hydroxyl groups is 1. The predicted molar refractivity (Wildman–Crippen MR) is 92.6 cm³/mol. The molecule has 1 aliphatic rings. The van der Waals surface area contributed by atoms with E-state index in [0.717, 1.165) is 12.1 Å². The predicted octanol–water partition coefficient (Wildman–Crippen LogP) is 2.18. The van der Waals surface area contributed by atoms with Gasteiger partial charge in [-0.25, -0.2) is 9.18 Å². The second kappa shape index (κ2) is 7.42. The molecule has 142 valence electrons. The number of ether oxygens (including phenoxy) is 2. The van der Waals surface area contributed by atoms with E-state index in [1.165, 1.54) is 12.1 Å². The zero-order chi connectivity index (χ0) is 19.7. The molecular formula is C18H15ClFNO6. The van der Waals surface area contributed by atoms with E-state index in [0.29, 0.717) is 0 Å². The third-order valence-electron chi connectivity index (χ3n) is 3.95. The molecule has 0 radical (unpaired) electrons. The van der Waals surface area contributed by atoms with Gasteiger partial charge >= 0.3 is 5.97 Å². The highest BCUT2D eigenvalue weighted by molar-refractivity contribution is 6.31. The summed E-state index contributed by atoms with van der Waals surface area (Å²) in [4.78, 5) is 24.8. The van der Waals surface area contributed by atoms with Crippen molar-refractivity contribution in [1.29, 1.82) is 0 Å². The minimum atomic E-state index is -1.29. The van der Waals surface area contributed by atoms with E-state index in [1.807, 2.05) is 0 Å². The van der Waals surface area contributed by atoms with Crippen molar-refractivity contribution in [3.8, 4) is 5.75 Å². The number of carbonyl (C=O) groups excluding carboxylic acids is 1. The van der Waals surface area contributed by atoms with Gasteiger partial charge in [-0.05, 0) is 19.1 Å². The first-order valence-corrected chi connectivity index (χ1v) is 8.33. The Morgan fingerprint density at radius 2 is 2.19 bits per heavy atom. The van der Waals surface area contributed by atoms with Gasteiger partial charge < -0.3 is 24.7 Å². The first kappa shape index (κ1) is 18.9. The van der Waals surface area contributed by atoms with Crippen molar-refractivity contribution in [1.82, 2.24) is 0 Å². The lowest BCUT2D eigenvalue weighted by Crippen LogP contribution is -2.30. The molecule has 1 atom stereocenters. The molecule has 1 aliphatic heterocycles. The van der Waals surface area contributed by atoms with Crippen molar-refractivity contribution in [3.05, 3.63) is 73.9 Å². The van der Waals surface area contributed by atoms with E-state index in [1.54, 1.807) is 6.92 Å². The summed E-state index contributed by atoms with van der Waals surface area (Å²) >= 11 is 6.17. The Morgan fingerprint density at radius 3 is 2.81 bits per heavy atom. The van der Waals surface area contributed by atoms with Crippen LogP contribution in [0.25, 0.3) is 0 Å². The van der Waals surface area contributed by atoms with E-state index in [2.05, 4.69) is 0 Å². The molecule has 0 fully saturated rings. The minimum absolute atomic E-state index is 0.0144. The summed E-state index contributed by atoms with van der Waals surface area (Å²) < 4.78 is 30.4. The number of esters is 1. The zero-order valence-corrected chi connectivity index (χ0v) is 14.9. The monoisotopic (exact) mass is 395 g/mol. The molecular weight excluding hydrogens is 381 g/mol. The summed E-state index contributed by atoms with van der Waals surface area (Å²) in [7, 11) is 0. The Hall–Kier alpha value is -2.84. The number of hydrogen-bond donors (Lipinski definition) is 2. The highest BCUT2D eigenvalue weighted by Gasteiger charge is 2.41. The number of halogens is 2. The first-order valence-electron chi connectivity index (χ1n) is 7.95. The lowest BCUT2D eigenvalue weighted by Gasteiger charge is -2.27. The van der Waals surface area contributed by atoms with Crippen LogP contribution in [0.5, 0.6) is 5.75 Å². The van der Waals surface area contributed by atoms with Crippen LogP contribution >= 0.6 is 11.6 Å². The van der Waals surface area contributed by atoms with Gasteiger partial charge in [-0.3, -0.25) is 4.79 Å². The molecule has 27 heavy (non-hydrogen) atoms. The first-order chi connectivity index (χ1) is 12.9. The van der Waals surface area contributed by atoms with Gasteiger partial charge in [0.25, 0.3) is 0 Å². The number of rotatable bonds is 4. The van der Waals surface area contributed by atoms with Crippen molar-refractivity contribution in [2.75, 3.05) is 6.61 Å². The SMILES string of the molecule is CCOC(=O)C1=C(N)Oc2c(oc(CO)cc2=O)[C@@H]1c1c(F)cccc1Cl. The topological polar surface area (TPSA) is 112 Å². The summed E-state index contributed by atoms with van der Waals surface area (Å²) in [5.74, 6) is -3.94. The summed E-state index contributed by atoms with van der Waals surface area (Å²) in [6.45, 7) is 1.02. The van der Waals surface area contributed by atoms with Gasteiger partial charge in [0.05, 0.1) is 12.5 Å². The van der Waals surface area contributed by atoms with Gasteiger partial charge in [0.15, 0.2) is 5.76 Å². The highest BCUT2D eigenvalue weighted by Crippen LogP contribution is 2.44. The molecule has 0 amide bonds. The molecule has 0 aliphatic carbocycles. The Kier molecular flexibility index (Phi) is 5.20. The molecule has 2 aromatic rings. The number of fused-ring (bicyclic) bond motifs is 1. The maximum Gasteiger partial charge on any atom is 0.340 e. The fourth-order valence-electron chi connectivity index (χ4n) is 2.85. The fourth-order valence-corrected chi connectivity index (χ4v) is 3.12. The molecule has 0 spiro atoms. The standard InChI is InChI=1S/C18H15ClFNO6/c1-2-25-18(24)14-13(12-9(19)4-3-5-10(12)20)16-15(27-17(14)21)11(23)6-8(7-22)26-16/h3-6,13,22H,2,7,21H2,1H3/t13-/m1/s1. The van der Waals surface area contributed by atoms with Gasteiger partial charge in [0.1, 0.15) is 23.8 Å². The fraction of sp³-hybridized carbons (Fsp3) is 0.222. The van der Waals surface area contributed by atoms with Crippen molar-refractivity contribution < 1.29 is 28.2 Å². The van der Waals surface area contributed by atoms with Crippen LogP contribution in [0.2, 0.25) is 5.02 Å². The third kappa shape index (κ3) is 3.29. The summed E-state index contributed by atoms with van der Waals surface area (Å²) in [5.41, 5.74) is 4.82. The maximum absolute atomic E-state index is 14.7. The van der Waals surface area contributed by atoms with Gasteiger partial charge in [-0.2, -0.15) is 0 Å². The van der Waals surface area contributed by atoms with Crippen molar-refractivity contribution >= 4 is 17.6 Å². The van der Waals surface area contributed by atoms with Crippen molar-refractivity contribution in [2.45, 2.75) is 19.4 Å². The number of benzene rings is 1. The Bertz CT molecular complexity index is 980. The van der Waals surface area contributed by atoms with E-state index < -0.39 is 35.6 Å². The minimum Gasteiger partial charge on any atom is -0.462 e. The highest BCUT2D eigenvalue weighted by atomic mass is 35.5. The average molecular weight is 396 g/mol. The molecule has 1 aromatic carbocycles.